The fourth-order valence-electron chi connectivity index (χ4n) is 3.95. The summed E-state index contributed by atoms with van der Waals surface area (Å²) in [5.74, 6) is -1.73. The number of carbonyl (C=O) groups excluding carboxylic acids is 4. The van der Waals surface area contributed by atoms with Crippen LogP contribution < -0.4 is 0 Å². The van der Waals surface area contributed by atoms with Gasteiger partial charge in [-0.15, -0.1) is 0 Å². The molecule has 0 spiro atoms. The minimum atomic E-state index is -0.457. The van der Waals surface area contributed by atoms with Crippen LogP contribution in [0, 0.1) is 0 Å². The Hall–Kier alpha value is -4.72. The van der Waals surface area contributed by atoms with E-state index in [0.29, 0.717) is 22.3 Å². The second-order valence-corrected chi connectivity index (χ2v) is 8.85. The molecule has 39 heavy (non-hydrogen) atoms. The predicted octanol–water partition coefficient (Wildman–Crippen LogP) is 4.82. The van der Waals surface area contributed by atoms with Gasteiger partial charge in [-0.1, -0.05) is 62.4 Å². The Morgan fingerprint density at radius 2 is 0.872 bits per heavy atom. The Morgan fingerprint density at radius 1 is 0.590 bits per heavy atom. The molecular formula is C31H32N2O6. The van der Waals surface area contributed by atoms with Crippen LogP contribution in [0.5, 0.6) is 0 Å². The van der Waals surface area contributed by atoms with Crippen molar-refractivity contribution in [1.82, 2.24) is 9.80 Å². The lowest BCUT2D eigenvalue weighted by Crippen LogP contribution is -2.12. The first-order valence-electron chi connectivity index (χ1n) is 12.5. The third kappa shape index (κ3) is 6.06. The fourth-order valence-corrected chi connectivity index (χ4v) is 3.95. The van der Waals surface area contributed by atoms with Gasteiger partial charge in [-0.25, -0.2) is 0 Å². The van der Waals surface area contributed by atoms with Gasteiger partial charge in [0.25, 0.3) is 0 Å². The third-order valence-corrected chi connectivity index (χ3v) is 5.71. The van der Waals surface area contributed by atoms with Crippen LogP contribution in [-0.2, 0) is 9.47 Å². The van der Waals surface area contributed by atoms with Crippen molar-refractivity contribution in [2.24, 2.45) is 0 Å². The molecule has 202 valence electrons. The number of allylic oxidation sites excluding steroid dienone is 4. The Balaban J connectivity index is 0.00000205. The summed E-state index contributed by atoms with van der Waals surface area (Å²) in [6.45, 7) is 3.54. The smallest absolute Gasteiger partial charge is 0.230 e. The van der Waals surface area contributed by atoms with E-state index in [-0.39, 0.29) is 22.7 Å². The molecule has 0 N–H and O–H groups in total. The van der Waals surface area contributed by atoms with Crippen LogP contribution in [0.3, 0.4) is 0 Å². The summed E-state index contributed by atoms with van der Waals surface area (Å²) < 4.78 is 11.6. The van der Waals surface area contributed by atoms with Crippen molar-refractivity contribution in [1.29, 1.82) is 0 Å². The Morgan fingerprint density at radius 3 is 1.13 bits per heavy atom. The maximum absolute atomic E-state index is 13.0. The van der Waals surface area contributed by atoms with Crippen molar-refractivity contribution in [3.05, 3.63) is 118 Å². The summed E-state index contributed by atoms with van der Waals surface area (Å²) in [7, 11) is 7.13. The standard InChI is InChI=1S/C29H26N2O6.C2H6/c1-30(2)15-13-22(24-26(32)18-9-5-6-10-19(18)27(24)33)36-17-37-23(14-16-31(3)4)25-28(34)20-11-7-8-12-21(20)29(25)35;1-2/h5-16H,17H2,1-4H3;1-2H3/b15-13+,16-14+;. The molecule has 2 aromatic rings. The number of hydrogen-bond donors (Lipinski definition) is 0. The van der Waals surface area contributed by atoms with E-state index >= 15 is 0 Å². The monoisotopic (exact) mass is 528 g/mol. The Labute approximate surface area is 228 Å². The van der Waals surface area contributed by atoms with Crippen molar-refractivity contribution in [3.8, 4) is 0 Å². The van der Waals surface area contributed by atoms with Crippen LogP contribution in [0.25, 0.3) is 0 Å². The highest BCUT2D eigenvalue weighted by atomic mass is 16.7. The summed E-state index contributed by atoms with van der Waals surface area (Å²) >= 11 is 0. The SMILES string of the molecule is CC.CN(C)/C=C/C(OCOC(/C=C/N(C)C)=C1C(=O)c2ccccc2C1=O)=C1C(=O)c2ccccc2C1=O. The molecule has 8 nitrogen and oxygen atoms in total. The van der Waals surface area contributed by atoms with E-state index in [1.165, 1.54) is 12.2 Å². The number of fused-ring (bicyclic) bond motifs is 2. The summed E-state index contributed by atoms with van der Waals surface area (Å²) in [5.41, 5.74) is 1.00. The quantitative estimate of drug-likeness (QED) is 0.208. The molecule has 0 bridgehead atoms. The fraction of sp³-hybridized carbons (Fsp3) is 0.226. The molecule has 0 aromatic heterocycles. The van der Waals surface area contributed by atoms with Gasteiger partial charge in [0.2, 0.25) is 29.9 Å². The van der Waals surface area contributed by atoms with Crippen molar-refractivity contribution < 1.29 is 28.7 Å². The maximum atomic E-state index is 13.0. The lowest BCUT2D eigenvalue weighted by atomic mass is 10.1. The zero-order valence-corrected chi connectivity index (χ0v) is 23.0. The van der Waals surface area contributed by atoms with Crippen molar-refractivity contribution in [2.75, 3.05) is 35.0 Å². The van der Waals surface area contributed by atoms with Gasteiger partial charge < -0.3 is 19.3 Å². The Bertz CT molecular complexity index is 1240. The van der Waals surface area contributed by atoms with Gasteiger partial charge in [-0.3, -0.25) is 19.2 Å². The molecule has 0 radical (unpaired) electrons. The summed E-state index contributed by atoms with van der Waals surface area (Å²) in [6.07, 6.45) is 6.28. The lowest BCUT2D eigenvalue weighted by molar-refractivity contribution is 0.0210. The summed E-state index contributed by atoms with van der Waals surface area (Å²) in [4.78, 5) is 55.6. The molecule has 0 saturated heterocycles. The van der Waals surface area contributed by atoms with Gasteiger partial charge >= 0.3 is 0 Å². The molecular weight excluding hydrogens is 496 g/mol. The summed E-state index contributed by atoms with van der Waals surface area (Å²) in [6, 6.07) is 13.1. The van der Waals surface area contributed by atoms with E-state index in [2.05, 4.69) is 0 Å². The van der Waals surface area contributed by atoms with Gasteiger partial charge in [0, 0.05) is 62.8 Å². The number of hydrogen-bond acceptors (Lipinski definition) is 8. The second kappa shape index (κ2) is 12.7. The molecule has 4 rings (SSSR count). The number of ether oxygens (including phenoxy) is 2. The van der Waals surface area contributed by atoms with E-state index in [9.17, 15) is 19.2 Å². The van der Waals surface area contributed by atoms with E-state index in [1.54, 1.807) is 98.9 Å². The van der Waals surface area contributed by atoms with Crippen LogP contribution in [0.2, 0.25) is 0 Å². The zero-order valence-electron chi connectivity index (χ0n) is 23.0. The molecule has 0 amide bonds. The minimum Gasteiger partial charge on any atom is -0.457 e. The van der Waals surface area contributed by atoms with E-state index in [0.717, 1.165) is 0 Å². The second-order valence-electron chi connectivity index (χ2n) is 8.85. The number of nitrogens with zero attached hydrogens (tertiary/aromatic N) is 2. The first-order valence-corrected chi connectivity index (χ1v) is 12.5. The molecule has 2 aromatic carbocycles. The first kappa shape index (κ1) is 28.8. The largest absolute Gasteiger partial charge is 0.457 e. The number of Topliss-reactive ketones (excluding diaryl/α,β-unsaturated/α-hetero) is 4. The topological polar surface area (TPSA) is 93.2 Å². The van der Waals surface area contributed by atoms with E-state index in [4.69, 9.17) is 9.47 Å². The maximum Gasteiger partial charge on any atom is 0.230 e. The molecule has 2 aliphatic rings. The number of ketones is 4. The molecule has 0 unspecified atom stereocenters. The Kier molecular flexibility index (Phi) is 9.38. The molecule has 0 aliphatic heterocycles. The van der Waals surface area contributed by atoms with Crippen LogP contribution in [-0.4, -0.2) is 67.9 Å². The summed E-state index contributed by atoms with van der Waals surface area (Å²) in [5, 5.41) is 0. The van der Waals surface area contributed by atoms with Gasteiger partial charge in [0.15, 0.2) is 0 Å². The molecule has 0 fully saturated rings. The van der Waals surface area contributed by atoms with Crippen LogP contribution in [0.15, 0.2) is 95.7 Å². The normalized spacial score (nSPS) is 13.9. The third-order valence-electron chi connectivity index (χ3n) is 5.71. The van der Waals surface area contributed by atoms with Crippen LogP contribution in [0.1, 0.15) is 55.3 Å². The number of rotatable bonds is 8. The molecule has 0 saturated carbocycles. The lowest BCUT2D eigenvalue weighted by Gasteiger charge is -2.14. The highest BCUT2D eigenvalue weighted by Gasteiger charge is 2.37. The first-order chi connectivity index (χ1) is 18.7. The van der Waals surface area contributed by atoms with E-state index in [1.807, 2.05) is 13.8 Å². The number of carbonyl (C=O) groups is 4. The molecule has 0 heterocycles. The van der Waals surface area contributed by atoms with E-state index < -0.39 is 29.9 Å². The van der Waals surface area contributed by atoms with Gasteiger partial charge in [0.05, 0.1) is 0 Å². The average molecular weight is 529 g/mol. The molecule has 2 aliphatic carbocycles. The van der Waals surface area contributed by atoms with Crippen molar-refractivity contribution in [2.45, 2.75) is 13.8 Å². The zero-order chi connectivity index (χ0) is 28.7. The molecule has 8 heteroatoms. The van der Waals surface area contributed by atoms with Crippen molar-refractivity contribution >= 4 is 23.1 Å². The van der Waals surface area contributed by atoms with Crippen LogP contribution >= 0.6 is 0 Å². The minimum absolute atomic E-state index is 0.0215. The highest BCUT2D eigenvalue weighted by molar-refractivity contribution is 6.40. The average Bonchev–Trinajstić information content (AvgIpc) is 3.34. The molecule has 0 atom stereocenters. The van der Waals surface area contributed by atoms with Crippen LogP contribution in [0.4, 0.5) is 0 Å². The van der Waals surface area contributed by atoms with Crippen molar-refractivity contribution in [3.63, 3.8) is 0 Å². The van der Waals surface area contributed by atoms with Gasteiger partial charge in [-0.2, -0.15) is 0 Å². The highest BCUT2D eigenvalue weighted by Crippen LogP contribution is 2.31. The van der Waals surface area contributed by atoms with Gasteiger partial charge in [0.1, 0.15) is 22.7 Å². The predicted molar refractivity (Wildman–Crippen MR) is 148 cm³/mol. The van der Waals surface area contributed by atoms with Gasteiger partial charge in [-0.05, 0) is 12.2 Å². The number of benzene rings is 2.